The highest BCUT2D eigenvalue weighted by Gasteiger charge is 2.14. The smallest absolute Gasteiger partial charge is 0.0730 e. The van der Waals surface area contributed by atoms with E-state index < -0.39 is 6.10 Å². The summed E-state index contributed by atoms with van der Waals surface area (Å²) in [5, 5.41) is 10.2. The molecule has 0 heterocycles. The number of hydrogen-bond acceptors (Lipinski definition) is 2. The minimum absolute atomic E-state index is 0.344. The van der Waals surface area contributed by atoms with Crippen molar-refractivity contribution >= 4 is 11.6 Å². The maximum absolute atomic E-state index is 9.50. The van der Waals surface area contributed by atoms with E-state index in [4.69, 9.17) is 17.3 Å². The molecule has 2 nitrogen and oxygen atoms in total. The van der Waals surface area contributed by atoms with Crippen LogP contribution in [0.15, 0.2) is 24.3 Å². The first-order valence-electron chi connectivity index (χ1n) is 4.34. The molecule has 1 aromatic rings. The van der Waals surface area contributed by atoms with Gasteiger partial charge < -0.3 is 10.8 Å². The molecule has 0 aliphatic carbocycles. The lowest BCUT2D eigenvalue weighted by atomic mass is 10.0. The van der Waals surface area contributed by atoms with Crippen molar-refractivity contribution < 1.29 is 5.11 Å². The summed E-state index contributed by atoms with van der Waals surface area (Å²) in [5.74, 6) is 0. The Bertz CT molecular complexity index is 277. The minimum atomic E-state index is -0.501. The fourth-order valence-electron chi connectivity index (χ4n) is 1.19. The summed E-state index contributed by atoms with van der Waals surface area (Å²) in [7, 11) is 0. The SMILES string of the molecule is CC[C@H](O)[C@H](N)c1cccc(Cl)c1. The molecule has 0 amide bonds. The highest BCUT2D eigenvalue weighted by Crippen LogP contribution is 2.19. The second-order valence-corrected chi connectivity index (χ2v) is 3.49. The molecule has 0 aliphatic heterocycles. The second kappa shape index (κ2) is 4.61. The average molecular weight is 200 g/mol. The first-order valence-corrected chi connectivity index (χ1v) is 4.72. The van der Waals surface area contributed by atoms with Gasteiger partial charge in [0.15, 0.2) is 0 Å². The molecule has 0 saturated heterocycles. The van der Waals surface area contributed by atoms with E-state index in [1.807, 2.05) is 19.1 Å². The van der Waals surface area contributed by atoms with Crippen LogP contribution in [0.3, 0.4) is 0 Å². The fourth-order valence-corrected chi connectivity index (χ4v) is 1.39. The van der Waals surface area contributed by atoms with Gasteiger partial charge in [-0.2, -0.15) is 0 Å². The highest BCUT2D eigenvalue weighted by atomic mass is 35.5. The summed E-state index contributed by atoms with van der Waals surface area (Å²) in [4.78, 5) is 0. The summed E-state index contributed by atoms with van der Waals surface area (Å²) in [6.07, 6.45) is 0.145. The largest absolute Gasteiger partial charge is 0.391 e. The van der Waals surface area contributed by atoms with Gasteiger partial charge in [-0.3, -0.25) is 0 Å². The number of rotatable bonds is 3. The highest BCUT2D eigenvalue weighted by molar-refractivity contribution is 6.30. The van der Waals surface area contributed by atoms with E-state index in [9.17, 15) is 5.11 Å². The average Bonchev–Trinajstić information content (AvgIpc) is 2.15. The zero-order chi connectivity index (χ0) is 9.84. The van der Waals surface area contributed by atoms with Gasteiger partial charge >= 0.3 is 0 Å². The van der Waals surface area contributed by atoms with Crippen LogP contribution < -0.4 is 5.73 Å². The molecule has 0 saturated carbocycles. The maximum Gasteiger partial charge on any atom is 0.0730 e. The lowest BCUT2D eigenvalue weighted by Gasteiger charge is -2.17. The molecule has 3 N–H and O–H groups in total. The van der Waals surface area contributed by atoms with Crippen LogP contribution >= 0.6 is 11.6 Å². The van der Waals surface area contributed by atoms with E-state index in [0.29, 0.717) is 11.4 Å². The van der Waals surface area contributed by atoms with Gasteiger partial charge in [0.2, 0.25) is 0 Å². The third-order valence-corrected chi connectivity index (χ3v) is 2.30. The monoisotopic (exact) mass is 199 g/mol. The van der Waals surface area contributed by atoms with Crippen LogP contribution in [0.25, 0.3) is 0 Å². The van der Waals surface area contributed by atoms with Gasteiger partial charge in [-0.15, -0.1) is 0 Å². The molecule has 0 unspecified atom stereocenters. The Morgan fingerprint density at radius 3 is 2.77 bits per heavy atom. The molecule has 0 aromatic heterocycles. The van der Waals surface area contributed by atoms with Crippen LogP contribution in [0, 0.1) is 0 Å². The molecule has 2 atom stereocenters. The minimum Gasteiger partial charge on any atom is -0.391 e. The number of halogens is 1. The summed E-state index contributed by atoms with van der Waals surface area (Å²) >= 11 is 5.80. The topological polar surface area (TPSA) is 46.2 Å². The predicted molar refractivity (Wildman–Crippen MR) is 54.7 cm³/mol. The Kier molecular flexibility index (Phi) is 3.72. The Balaban J connectivity index is 2.82. The van der Waals surface area contributed by atoms with Gasteiger partial charge in [-0.25, -0.2) is 0 Å². The fraction of sp³-hybridized carbons (Fsp3) is 0.400. The molecule has 0 aliphatic rings. The normalized spacial score (nSPS) is 15.4. The van der Waals surface area contributed by atoms with Crippen molar-refractivity contribution in [3.63, 3.8) is 0 Å². The second-order valence-electron chi connectivity index (χ2n) is 3.06. The Hall–Kier alpha value is -0.570. The summed E-state index contributed by atoms with van der Waals surface area (Å²) < 4.78 is 0. The van der Waals surface area contributed by atoms with Crippen molar-refractivity contribution in [2.45, 2.75) is 25.5 Å². The number of aliphatic hydroxyl groups is 1. The molecular weight excluding hydrogens is 186 g/mol. The Morgan fingerprint density at radius 1 is 1.54 bits per heavy atom. The molecule has 3 heteroatoms. The Morgan fingerprint density at radius 2 is 2.23 bits per heavy atom. The lowest BCUT2D eigenvalue weighted by molar-refractivity contribution is 0.141. The molecule has 0 bridgehead atoms. The van der Waals surface area contributed by atoms with E-state index in [1.165, 1.54) is 0 Å². The van der Waals surface area contributed by atoms with Crippen LogP contribution in [-0.4, -0.2) is 11.2 Å². The quantitative estimate of drug-likeness (QED) is 0.784. The number of hydrogen-bond donors (Lipinski definition) is 2. The van der Waals surface area contributed by atoms with Gasteiger partial charge in [0.05, 0.1) is 12.1 Å². The van der Waals surface area contributed by atoms with Gasteiger partial charge in [0.25, 0.3) is 0 Å². The summed E-state index contributed by atoms with van der Waals surface area (Å²) in [6.45, 7) is 1.90. The van der Waals surface area contributed by atoms with Gasteiger partial charge in [-0.05, 0) is 24.1 Å². The molecule has 72 valence electrons. The number of aliphatic hydroxyl groups excluding tert-OH is 1. The van der Waals surface area contributed by atoms with Crippen LogP contribution in [-0.2, 0) is 0 Å². The maximum atomic E-state index is 9.50. The van der Waals surface area contributed by atoms with Gasteiger partial charge in [0.1, 0.15) is 0 Å². The van der Waals surface area contributed by atoms with Crippen molar-refractivity contribution in [1.29, 1.82) is 0 Å². The van der Waals surface area contributed by atoms with E-state index in [1.54, 1.807) is 12.1 Å². The van der Waals surface area contributed by atoms with Crippen LogP contribution in [0.4, 0.5) is 0 Å². The van der Waals surface area contributed by atoms with E-state index in [2.05, 4.69) is 0 Å². The van der Waals surface area contributed by atoms with Crippen LogP contribution in [0.2, 0.25) is 5.02 Å². The summed E-state index contributed by atoms with van der Waals surface area (Å²) in [5.41, 5.74) is 6.69. The van der Waals surface area contributed by atoms with Crippen molar-refractivity contribution in [3.05, 3.63) is 34.9 Å². The van der Waals surface area contributed by atoms with Crippen LogP contribution in [0.5, 0.6) is 0 Å². The zero-order valence-electron chi connectivity index (χ0n) is 7.57. The van der Waals surface area contributed by atoms with Crippen molar-refractivity contribution in [2.24, 2.45) is 5.73 Å². The molecular formula is C10H14ClNO. The van der Waals surface area contributed by atoms with Gasteiger partial charge in [-0.1, -0.05) is 30.7 Å². The lowest BCUT2D eigenvalue weighted by Crippen LogP contribution is -2.25. The van der Waals surface area contributed by atoms with Crippen molar-refractivity contribution in [1.82, 2.24) is 0 Å². The summed E-state index contributed by atoms with van der Waals surface area (Å²) in [6, 6.07) is 6.93. The molecule has 0 fully saturated rings. The van der Waals surface area contributed by atoms with Crippen molar-refractivity contribution in [2.75, 3.05) is 0 Å². The Labute approximate surface area is 83.3 Å². The molecule has 13 heavy (non-hydrogen) atoms. The van der Waals surface area contributed by atoms with E-state index >= 15 is 0 Å². The standard InChI is InChI=1S/C10H14ClNO/c1-2-9(13)10(12)7-4-3-5-8(11)6-7/h3-6,9-10,13H,2,12H2,1H3/t9-,10+/m0/s1. The van der Waals surface area contributed by atoms with E-state index in [0.717, 1.165) is 5.56 Å². The third-order valence-electron chi connectivity index (χ3n) is 2.07. The van der Waals surface area contributed by atoms with Crippen LogP contribution in [0.1, 0.15) is 24.9 Å². The first kappa shape index (κ1) is 10.5. The predicted octanol–water partition coefficient (Wildman–Crippen LogP) is 2.11. The van der Waals surface area contributed by atoms with Gasteiger partial charge in [0, 0.05) is 5.02 Å². The van der Waals surface area contributed by atoms with Crippen molar-refractivity contribution in [3.8, 4) is 0 Å². The number of nitrogens with two attached hydrogens (primary N) is 1. The molecule has 0 radical (unpaired) electrons. The third kappa shape index (κ3) is 2.69. The molecule has 1 rings (SSSR count). The number of benzene rings is 1. The molecule has 1 aromatic carbocycles. The first-order chi connectivity index (χ1) is 6.15. The zero-order valence-corrected chi connectivity index (χ0v) is 8.33. The molecule has 0 spiro atoms. The van der Waals surface area contributed by atoms with E-state index in [-0.39, 0.29) is 6.04 Å².